The van der Waals surface area contributed by atoms with E-state index in [9.17, 15) is 0 Å². The summed E-state index contributed by atoms with van der Waals surface area (Å²) >= 11 is 5.67. The molecule has 0 bridgehead atoms. The molecule has 0 spiro atoms. The fourth-order valence-electron chi connectivity index (χ4n) is 0.650. The lowest BCUT2D eigenvalue weighted by Gasteiger charge is -1.94. The third-order valence-corrected chi connectivity index (χ3v) is 1.63. The van der Waals surface area contributed by atoms with Gasteiger partial charge >= 0.3 is 0 Å². The van der Waals surface area contributed by atoms with Crippen molar-refractivity contribution in [3.8, 4) is 6.07 Å². The van der Waals surface area contributed by atoms with Crippen molar-refractivity contribution in [1.82, 2.24) is 9.78 Å². The van der Waals surface area contributed by atoms with Crippen LogP contribution in [0.1, 0.15) is 5.69 Å². The molecular weight excluding hydrogens is 150 g/mol. The summed E-state index contributed by atoms with van der Waals surface area (Å²) in [7, 11) is 0. The topological polar surface area (TPSA) is 41.6 Å². The van der Waals surface area contributed by atoms with Crippen molar-refractivity contribution in [2.75, 3.05) is 0 Å². The second-order valence-corrected chi connectivity index (χ2v) is 2.30. The first-order valence-corrected chi connectivity index (χ1v) is 3.18. The number of aromatic nitrogens is 2. The van der Waals surface area contributed by atoms with Gasteiger partial charge < -0.3 is 0 Å². The van der Waals surface area contributed by atoms with E-state index in [-0.39, 0.29) is 6.54 Å². The molecule has 1 aromatic heterocycles. The number of nitriles is 1. The smallest absolute Gasteiger partial charge is 0.128 e. The van der Waals surface area contributed by atoms with Gasteiger partial charge in [-0.05, 0) is 6.92 Å². The Hall–Kier alpha value is -1.01. The zero-order valence-electron chi connectivity index (χ0n) is 5.50. The maximum Gasteiger partial charge on any atom is 0.128 e. The van der Waals surface area contributed by atoms with Crippen molar-refractivity contribution in [2.24, 2.45) is 0 Å². The lowest BCUT2D eigenvalue weighted by molar-refractivity contribution is 0.686. The highest BCUT2D eigenvalue weighted by Crippen LogP contribution is 2.12. The van der Waals surface area contributed by atoms with Gasteiger partial charge in [0.25, 0.3) is 0 Å². The second-order valence-electron chi connectivity index (χ2n) is 1.89. The molecule has 0 atom stereocenters. The van der Waals surface area contributed by atoms with E-state index >= 15 is 0 Å². The van der Waals surface area contributed by atoms with E-state index in [0.717, 1.165) is 5.69 Å². The van der Waals surface area contributed by atoms with Crippen LogP contribution in [0.5, 0.6) is 0 Å². The van der Waals surface area contributed by atoms with E-state index in [1.165, 1.54) is 6.20 Å². The Kier molecular flexibility index (Phi) is 1.93. The molecular formula is C6H6ClN3. The van der Waals surface area contributed by atoms with Gasteiger partial charge in [0.2, 0.25) is 0 Å². The minimum Gasteiger partial charge on any atom is -0.254 e. The number of halogens is 1. The Morgan fingerprint density at radius 2 is 2.60 bits per heavy atom. The van der Waals surface area contributed by atoms with Crippen LogP contribution in [0.2, 0.25) is 5.02 Å². The molecule has 0 fully saturated rings. The maximum atomic E-state index is 8.30. The molecule has 0 N–H and O–H groups in total. The highest BCUT2D eigenvalue weighted by atomic mass is 35.5. The summed E-state index contributed by atoms with van der Waals surface area (Å²) in [5.41, 5.74) is 0.836. The van der Waals surface area contributed by atoms with Crippen LogP contribution in [0.3, 0.4) is 0 Å². The second kappa shape index (κ2) is 2.72. The van der Waals surface area contributed by atoms with Crippen molar-refractivity contribution in [3.05, 3.63) is 16.9 Å². The normalized spacial score (nSPS) is 9.30. The number of nitrogens with zero attached hydrogens (tertiary/aromatic N) is 3. The van der Waals surface area contributed by atoms with E-state index < -0.39 is 0 Å². The molecule has 0 aliphatic rings. The molecule has 0 aliphatic heterocycles. The van der Waals surface area contributed by atoms with E-state index in [1.807, 2.05) is 13.0 Å². The quantitative estimate of drug-likeness (QED) is 0.615. The molecule has 0 saturated carbocycles. The van der Waals surface area contributed by atoms with Gasteiger partial charge in [-0.3, -0.25) is 4.68 Å². The largest absolute Gasteiger partial charge is 0.254 e. The molecule has 52 valence electrons. The van der Waals surface area contributed by atoms with Gasteiger partial charge in [-0.15, -0.1) is 0 Å². The highest BCUT2D eigenvalue weighted by molar-refractivity contribution is 6.31. The third kappa shape index (κ3) is 1.12. The van der Waals surface area contributed by atoms with E-state index in [1.54, 1.807) is 4.68 Å². The van der Waals surface area contributed by atoms with E-state index in [2.05, 4.69) is 5.10 Å². The Balaban J connectivity index is 2.96. The lowest BCUT2D eigenvalue weighted by atomic mass is 10.5. The Morgan fingerprint density at radius 3 is 3.00 bits per heavy atom. The van der Waals surface area contributed by atoms with Crippen LogP contribution in [0, 0.1) is 18.3 Å². The van der Waals surface area contributed by atoms with Crippen LogP contribution in [-0.4, -0.2) is 9.78 Å². The van der Waals surface area contributed by atoms with Crippen molar-refractivity contribution in [3.63, 3.8) is 0 Å². The number of hydrogen-bond donors (Lipinski definition) is 0. The van der Waals surface area contributed by atoms with Gasteiger partial charge in [0, 0.05) is 0 Å². The molecule has 3 nitrogen and oxygen atoms in total. The van der Waals surface area contributed by atoms with Gasteiger partial charge in [0.15, 0.2) is 0 Å². The molecule has 1 rings (SSSR count). The highest BCUT2D eigenvalue weighted by Gasteiger charge is 2.00. The summed E-state index contributed by atoms with van der Waals surface area (Å²) in [6, 6.07) is 1.98. The average molecular weight is 156 g/mol. The summed E-state index contributed by atoms with van der Waals surface area (Å²) < 4.78 is 1.56. The van der Waals surface area contributed by atoms with Crippen molar-refractivity contribution >= 4 is 11.6 Å². The monoisotopic (exact) mass is 155 g/mol. The van der Waals surface area contributed by atoms with Crippen molar-refractivity contribution in [2.45, 2.75) is 13.5 Å². The Morgan fingerprint density at radius 1 is 1.90 bits per heavy atom. The molecule has 0 radical (unpaired) electrons. The summed E-state index contributed by atoms with van der Waals surface area (Å²) in [4.78, 5) is 0. The summed E-state index contributed by atoms with van der Waals surface area (Å²) in [6.45, 7) is 2.09. The average Bonchev–Trinajstić information content (AvgIpc) is 2.20. The first kappa shape index (κ1) is 7.10. The summed E-state index contributed by atoms with van der Waals surface area (Å²) in [6.07, 6.45) is 1.54. The van der Waals surface area contributed by atoms with E-state index in [0.29, 0.717) is 5.02 Å². The Labute approximate surface area is 63.8 Å². The fraction of sp³-hybridized carbons (Fsp3) is 0.333. The first-order chi connectivity index (χ1) is 4.75. The molecule has 1 heterocycles. The zero-order chi connectivity index (χ0) is 7.56. The van der Waals surface area contributed by atoms with Crippen molar-refractivity contribution in [1.29, 1.82) is 5.26 Å². The van der Waals surface area contributed by atoms with Crippen LogP contribution < -0.4 is 0 Å². The van der Waals surface area contributed by atoms with Crippen LogP contribution in [0.4, 0.5) is 0 Å². The SMILES string of the molecule is Cc1c(Cl)cnn1CC#N. The standard InChI is InChI=1S/C6H6ClN3/c1-5-6(7)4-9-10(5)3-2-8/h4H,3H2,1H3. The lowest BCUT2D eigenvalue weighted by Crippen LogP contribution is -1.99. The minimum absolute atomic E-state index is 0.262. The van der Waals surface area contributed by atoms with E-state index in [4.69, 9.17) is 16.9 Å². The molecule has 4 heteroatoms. The van der Waals surface area contributed by atoms with Crippen LogP contribution >= 0.6 is 11.6 Å². The Bertz CT molecular complexity index is 271. The molecule has 0 aliphatic carbocycles. The van der Waals surface area contributed by atoms with Gasteiger partial charge in [-0.1, -0.05) is 11.6 Å². The van der Waals surface area contributed by atoms with Crippen LogP contribution in [-0.2, 0) is 6.54 Å². The molecule has 0 aromatic carbocycles. The van der Waals surface area contributed by atoms with Crippen LogP contribution in [0.15, 0.2) is 6.20 Å². The number of hydrogen-bond acceptors (Lipinski definition) is 2. The van der Waals surface area contributed by atoms with Gasteiger partial charge in [0.05, 0.1) is 23.0 Å². The molecule has 0 saturated heterocycles. The van der Waals surface area contributed by atoms with Crippen molar-refractivity contribution < 1.29 is 0 Å². The van der Waals surface area contributed by atoms with Crippen LogP contribution in [0.25, 0.3) is 0 Å². The summed E-state index contributed by atoms with van der Waals surface area (Å²) in [5.74, 6) is 0. The van der Waals surface area contributed by atoms with Gasteiger partial charge in [-0.25, -0.2) is 0 Å². The zero-order valence-corrected chi connectivity index (χ0v) is 6.26. The molecule has 10 heavy (non-hydrogen) atoms. The maximum absolute atomic E-state index is 8.30. The summed E-state index contributed by atoms with van der Waals surface area (Å²) in [5, 5.41) is 12.8. The predicted octanol–water partition coefficient (Wildman–Crippen LogP) is 1.37. The number of rotatable bonds is 1. The van der Waals surface area contributed by atoms with Gasteiger partial charge in [0.1, 0.15) is 6.54 Å². The molecule has 1 aromatic rings. The third-order valence-electron chi connectivity index (χ3n) is 1.26. The van der Waals surface area contributed by atoms with Gasteiger partial charge in [-0.2, -0.15) is 10.4 Å². The molecule has 0 unspecified atom stereocenters. The fourth-order valence-corrected chi connectivity index (χ4v) is 0.791. The molecule has 0 amide bonds. The predicted molar refractivity (Wildman–Crippen MR) is 37.6 cm³/mol. The first-order valence-electron chi connectivity index (χ1n) is 2.80. The minimum atomic E-state index is 0.262.